The lowest BCUT2D eigenvalue weighted by molar-refractivity contribution is -0.147. The van der Waals surface area contributed by atoms with Crippen molar-refractivity contribution >= 4 is 11.9 Å². The Bertz CT molecular complexity index is 668. The number of esters is 2. The highest BCUT2D eigenvalue weighted by Crippen LogP contribution is 2.36. The normalized spacial score (nSPS) is 31.2. The number of fused-ring (bicyclic) bond motifs is 1. The molecule has 0 aromatic carbocycles. The first kappa shape index (κ1) is 20.1. The van der Waals surface area contributed by atoms with E-state index >= 15 is 0 Å². The summed E-state index contributed by atoms with van der Waals surface area (Å²) in [5, 5.41) is 19.2. The van der Waals surface area contributed by atoms with Crippen LogP contribution in [0.3, 0.4) is 0 Å². The highest BCUT2D eigenvalue weighted by Gasteiger charge is 2.44. The second kappa shape index (κ2) is 8.96. The Hall–Kier alpha value is -2.18. The average molecular weight is 362 g/mol. The molecule has 0 amide bonds. The molecule has 1 aliphatic carbocycles. The van der Waals surface area contributed by atoms with Crippen LogP contribution in [0.2, 0.25) is 0 Å². The van der Waals surface area contributed by atoms with E-state index in [1.165, 1.54) is 0 Å². The highest BCUT2D eigenvalue weighted by molar-refractivity contribution is 5.92. The number of ether oxygens (including phenoxy) is 2. The molecule has 1 fully saturated rings. The Balaban J connectivity index is 2.43. The van der Waals surface area contributed by atoms with Crippen molar-refractivity contribution in [3.8, 4) is 0 Å². The summed E-state index contributed by atoms with van der Waals surface area (Å²) >= 11 is 0. The molecule has 1 aliphatic heterocycles. The van der Waals surface area contributed by atoms with Gasteiger partial charge >= 0.3 is 11.9 Å². The molecule has 6 nitrogen and oxygen atoms in total. The van der Waals surface area contributed by atoms with Gasteiger partial charge in [-0.25, -0.2) is 9.59 Å². The molecule has 3 atom stereocenters. The second-order valence-corrected chi connectivity index (χ2v) is 6.58. The Labute approximate surface area is 153 Å². The molecule has 2 N–H and O–H groups in total. The lowest BCUT2D eigenvalue weighted by Gasteiger charge is -2.28. The molecule has 0 spiro atoms. The number of hydrogen-bond acceptors (Lipinski definition) is 6. The van der Waals surface area contributed by atoms with Crippen molar-refractivity contribution in [2.45, 2.75) is 45.3 Å². The Morgan fingerprint density at radius 3 is 2.69 bits per heavy atom. The molecule has 1 saturated heterocycles. The summed E-state index contributed by atoms with van der Waals surface area (Å²) < 4.78 is 11.1. The van der Waals surface area contributed by atoms with Gasteiger partial charge in [-0.2, -0.15) is 0 Å². The van der Waals surface area contributed by atoms with E-state index in [4.69, 9.17) is 9.47 Å². The van der Waals surface area contributed by atoms with Gasteiger partial charge in [-0.15, -0.1) is 0 Å². The second-order valence-electron chi connectivity index (χ2n) is 6.58. The molecule has 1 heterocycles. The maximum Gasteiger partial charge on any atom is 0.334 e. The van der Waals surface area contributed by atoms with Gasteiger partial charge in [0.05, 0.1) is 19.1 Å². The van der Waals surface area contributed by atoms with Gasteiger partial charge in [-0.05, 0) is 43.9 Å². The van der Waals surface area contributed by atoms with Gasteiger partial charge in [0.1, 0.15) is 12.2 Å². The maximum atomic E-state index is 12.3. The number of carbonyl (C=O) groups excluding carboxylic acids is 2. The number of aliphatic hydroxyl groups excluding tert-OH is 2. The molecule has 2 rings (SSSR count). The van der Waals surface area contributed by atoms with Crippen molar-refractivity contribution in [2.24, 2.45) is 5.92 Å². The van der Waals surface area contributed by atoms with Crippen LogP contribution in [0.25, 0.3) is 0 Å². The number of allylic oxidation sites excluding steroid dienone is 2. The third kappa shape index (κ3) is 4.51. The topological polar surface area (TPSA) is 93.1 Å². The zero-order chi connectivity index (χ0) is 19.3. The zero-order valence-corrected chi connectivity index (χ0v) is 15.2. The maximum absolute atomic E-state index is 12.3. The van der Waals surface area contributed by atoms with Crippen LogP contribution in [-0.4, -0.2) is 47.6 Å². The predicted octanol–water partition coefficient (Wildman–Crippen LogP) is 1.98. The van der Waals surface area contributed by atoms with Gasteiger partial charge < -0.3 is 19.7 Å². The molecular weight excluding hydrogens is 336 g/mol. The van der Waals surface area contributed by atoms with E-state index in [1.54, 1.807) is 26.0 Å². The molecule has 0 aromatic heterocycles. The van der Waals surface area contributed by atoms with Gasteiger partial charge in [0.15, 0.2) is 0 Å². The van der Waals surface area contributed by atoms with Crippen molar-refractivity contribution in [3.63, 3.8) is 0 Å². The fourth-order valence-electron chi connectivity index (χ4n) is 3.15. The largest absolute Gasteiger partial charge is 0.458 e. The standard InChI is InChI=1S/C20H26O6/c1-4-12(2)19(23)25-16-8-14(10-21)6-5-7-15(11-22)9-17-18(16)13(3)20(24)26-17/h4,6,9,16-18,21-22H,3,5,7-8,10-11H2,1-2H3/b12-4-,14-6-,15-9-/t16-,17+,18+/m0/s1. The average Bonchev–Trinajstić information content (AvgIpc) is 2.91. The van der Waals surface area contributed by atoms with Crippen LogP contribution in [-0.2, 0) is 19.1 Å². The fourth-order valence-corrected chi connectivity index (χ4v) is 3.15. The van der Waals surface area contributed by atoms with Gasteiger partial charge in [0.2, 0.25) is 0 Å². The number of carbonyl (C=O) groups is 2. The molecular formula is C20H26O6. The van der Waals surface area contributed by atoms with Crippen LogP contribution in [0.15, 0.2) is 47.1 Å². The number of aliphatic hydroxyl groups is 2. The smallest absolute Gasteiger partial charge is 0.334 e. The Morgan fingerprint density at radius 2 is 2.08 bits per heavy atom. The SMILES string of the molecule is C=C1C(=O)O[C@@H]2/C=C(\CO)CC/C=C(\CO)C[C@H](OC(=O)/C(C)=C\C)[C@@H]12. The Morgan fingerprint density at radius 1 is 1.38 bits per heavy atom. The van der Waals surface area contributed by atoms with Crippen molar-refractivity contribution in [1.82, 2.24) is 0 Å². The van der Waals surface area contributed by atoms with Crippen molar-refractivity contribution in [1.29, 1.82) is 0 Å². The van der Waals surface area contributed by atoms with E-state index in [1.807, 2.05) is 6.08 Å². The molecule has 0 bridgehead atoms. The summed E-state index contributed by atoms with van der Waals surface area (Å²) in [6.07, 6.45) is 5.41. The molecule has 0 saturated carbocycles. The molecule has 142 valence electrons. The minimum absolute atomic E-state index is 0.155. The van der Waals surface area contributed by atoms with Crippen LogP contribution in [0.5, 0.6) is 0 Å². The van der Waals surface area contributed by atoms with Crippen LogP contribution in [0.1, 0.15) is 33.1 Å². The molecule has 0 unspecified atom stereocenters. The Kier molecular flexibility index (Phi) is 6.94. The van der Waals surface area contributed by atoms with Gasteiger partial charge in [-0.1, -0.05) is 18.7 Å². The fraction of sp³-hybridized carbons (Fsp3) is 0.500. The molecule has 0 aromatic rings. The zero-order valence-electron chi connectivity index (χ0n) is 15.2. The summed E-state index contributed by atoms with van der Waals surface area (Å²) in [4.78, 5) is 24.4. The summed E-state index contributed by atoms with van der Waals surface area (Å²) in [6, 6.07) is 0. The first-order chi connectivity index (χ1) is 12.4. The summed E-state index contributed by atoms with van der Waals surface area (Å²) in [7, 11) is 0. The third-order valence-corrected chi connectivity index (χ3v) is 4.84. The lowest BCUT2D eigenvalue weighted by atomic mass is 9.85. The van der Waals surface area contributed by atoms with E-state index in [0.29, 0.717) is 30.4 Å². The van der Waals surface area contributed by atoms with Gasteiger partial charge in [-0.3, -0.25) is 0 Å². The molecule has 6 heteroatoms. The van der Waals surface area contributed by atoms with Gasteiger partial charge in [0.25, 0.3) is 0 Å². The number of hydrogen-bond donors (Lipinski definition) is 2. The van der Waals surface area contributed by atoms with E-state index in [9.17, 15) is 19.8 Å². The third-order valence-electron chi connectivity index (χ3n) is 4.84. The highest BCUT2D eigenvalue weighted by atomic mass is 16.6. The first-order valence-corrected chi connectivity index (χ1v) is 8.74. The first-order valence-electron chi connectivity index (χ1n) is 8.74. The van der Waals surface area contributed by atoms with Crippen LogP contribution in [0, 0.1) is 5.92 Å². The molecule has 26 heavy (non-hydrogen) atoms. The lowest BCUT2D eigenvalue weighted by Crippen LogP contribution is -2.34. The quantitative estimate of drug-likeness (QED) is 0.451. The number of rotatable bonds is 4. The summed E-state index contributed by atoms with van der Waals surface area (Å²) in [6.45, 7) is 6.88. The van der Waals surface area contributed by atoms with Crippen LogP contribution < -0.4 is 0 Å². The van der Waals surface area contributed by atoms with E-state index in [-0.39, 0.29) is 18.8 Å². The van der Waals surface area contributed by atoms with Crippen molar-refractivity contribution in [2.75, 3.05) is 13.2 Å². The minimum Gasteiger partial charge on any atom is -0.458 e. The van der Waals surface area contributed by atoms with E-state index in [0.717, 1.165) is 5.57 Å². The van der Waals surface area contributed by atoms with Crippen LogP contribution in [0.4, 0.5) is 0 Å². The minimum atomic E-state index is -0.700. The molecule has 0 radical (unpaired) electrons. The van der Waals surface area contributed by atoms with E-state index in [2.05, 4.69) is 6.58 Å². The summed E-state index contributed by atoms with van der Waals surface area (Å²) in [5.41, 5.74) is 2.13. The van der Waals surface area contributed by atoms with E-state index < -0.39 is 30.1 Å². The van der Waals surface area contributed by atoms with Crippen LogP contribution >= 0.6 is 0 Å². The summed E-state index contributed by atoms with van der Waals surface area (Å²) in [5.74, 6) is -1.58. The predicted molar refractivity (Wildman–Crippen MR) is 96.0 cm³/mol. The monoisotopic (exact) mass is 362 g/mol. The van der Waals surface area contributed by atoms with Crippen molar-refractivity contribution < 1.29 is 29.3 Å². The molecule has 2 aliphatic rings. The van der Waals surface area contributed by atoms with Crippen molar-refractivity contribution in [3.05, 3.63) is 47.1 Å². The van der Waals surface area contributed by atoms with Gasteiger partial charge in [0, 0.05) is 17.6 Å².